The SMILES string of the molecule is CCCNCc1csc(N(C)C2CCCCC2)n1. The van der Waals surface area contributed by atoms with Crippen molar-refractivity contribution in [2.24, 2.45) is 0 Å². The van der Waals surface area contributed by atoms with E-state index in [1.807, 2.05) is 0 Å². The van der Waals surface area contributed by atoms with Crippen LogP contribution in [0.15, 0.2) is 5.38 Å². The number of hydrogen-bond donors (Lipinski definition) is 1. The van der Waals surface area contributed by atoms with Crippen LogP contribution in [0, 0.1) is 0 Å². The topological polar surface area (TPSA) is 28.2 Å². The van der Waals surface area contributed by atoms with E-state index in [1.54, 1.807) is 11.3 Å². The Morgan fingerprint density at radius 1 is 1.39 bits per heavy atom. The zero-order valence-corrected chi connectivity index (χ0v) is 12.4. The largest absolute Gasteiger partial charge is 0.348 e. The average Bonchev–Trinajstić information content (AvgIpc) is 2.88. The maximum Gasteiger partial charge on any atom is 0.185 e. The Bertz CT molecular complexity index is 345. The Morgan fingerprint density at radius 3 is 2.89 bits per heavy atom. The summed E-state index contributed by atoms with van der Waals surface area (Å²) in [6.07, 6.45) is 8.02. The van der Waals surface area contributed by atoms with E-state index in [9.17, 15) is 0 Å². The van der Waals surface area contributed by atoms with Crippen LogP contribution in [0.25, 0.3) is 0 Å². The quantitative estimate of drug-likeness (QED) is 0.801. The number of thiazole rings is 1. The van der Waals surface area contributed by atoms with Crippen molar-refractivity contribution >= 4 is 16.5 Å². The maximum absolute atomic E-state index is 4.74. The van der Waals surface area contributed by atoms with Crippen molar-refractivity contribution in [2.45, 2.75) is 58.0 Å². The zero-order valence-electron chi connectivity index (χ0n) is 11.6. The lowest BCUT2D eigenvalue weighted by atomic mass is 9.95. The Balaban J connectivity index is 1.87. The molecule has 1 aliphatic carbocycles. The van der Waals surface area contributed by atoms with Crippen LogP contribution in [0.4, 0.5) is 5.13 Å². The Morgan fingerprint density at radius 2 is 2.17 bits per heavy atom. The van der Waals surface area contributed by atoms with E-state index < -0.39 is 0 Å². The molecular formula is C14H25N3S. The minimum Gasteiger partial charge on any atom is -0.348 e. The van der Waals surface area contributed by atoms with Gasteiger partial charge >= 0.3 is 0 Å². The lowest BCUT2D eigenvalue weighted by molar-refractivity contribution is 0.427. The van der Waals surface area contributed by atoms with Crippen molar-refractivity contribution < 1.29 is 0 Å². The molecule has 1 aromatic rings. The number of anilines is 1. The molecule has 1 N–H and O–H groups in total. The molecule has 102 valence electrons. The summed E-state index contributed by atoms with van der Waals surface area (Å²) in [5, 5.41) is 6.79. The van der Waals surface area contributed by atoms with Gasteiger partial charge in [-0.25, -0.2) is 4.98 Å². The summed E-state index contributed by atoms with van der Waals surface area (Å²) < 4.78 is 0. The van der Waals surface area contributed by atoms with Gasteiger partial charge in [-0.3, -0.25) is 0 Å². The standard InChI is InChI=1S/C14H25N3S/c1-3-9-15-10-12-11-18-14(16-12)17(2)13-7-5-4-6-8-13/h11,13,15H,3-10H2,1-2H3. The van der Waals surface area contributed by atoms with Crippen molar-refractivity contribution in [2.75, 3.05) is 18.5 Å². The Kier molecular flexibility index (Phi) is 5.45. The molecule has 0 unspecified atom stereocenters. The van der Waals surface area contributed by atoms with Gasteiger partial charge in [0.05, 0.1) is 5.69 Å². The molecule has 0 saturated heterocycles. The summed E-state index contributed by atoms with van der Waals surface area (Å²) in [6.45, 7) is 4.17. The highest BCUT2D eigenvalue weighted by atomic mass is 32.1. The van der Waals surface area contributed by atoms with Crippen molar-refractivity contribution in [1.29, 1.82) is 0 Å². The van der Waals surface area contributed by atoms with Gasteiger partial charge in [-0.1, -0.05) is 26.2 Å². The molecule has 4 heteroatoms. The van der Waals surface area contributed by atoms with Crippen LogP contribution in [-0.2, 0) is 6.54 Å². The Labute approximate surface area is 115 Å². The van der Waals surface area contributed by atoms with Gasteiger partial charge in [0, 0.05) is 25.0 Å². The van der Waals surface area contributed by atoms with E-state index in [2.05, 4.69) is 29.6 Å². The average molecular weight is 267 g/mol. The van der Waals surface area contributed by atoms with E-state index in [-0.39, 0.29) is 0 Å². The zero-order chi connectivity index (χ0) is 12.8. The van der Waals surface area contributed by atoms with Gasteiger partial charge in [0.1, 0.15) is 0 Å². The third-order valence-electron chi connectivity index (χ3n) is 3.70. The molecule has 0 atom stereocenters. The molecule has 0 bridgehead atoms. The molecule has 3 nitrogen and oxygen atoms in total. The fourth-order valence-corrected chi connectivity index (χ4v) is 3.42. The molecule has 1 aliphatic rings. The third kappa shape index (κ3) is 3.69. The van der Waals surface area contributed by atoms with Gasteiger partial charge in [0.2, 0.25) is 0 Å². The first-order valence-corrected chi connectivity index (χ1v) is 8.07. The molecule has 1 saturated carbocycles. The highest BCUT2D eigenvalue weighted by Crippen LogP contribution is 2.28. The summed E-state index contributed by atoms with van der Waals surface area (Å²) in [5.41, 5.74) is 1.19. The summed E-state index contributed by atoms with van der Waals surface area (Å²) in [7, 11) is 2.21. The second-order valence-corrected chi connectivity index (χ2v) is 6.04. The molecular weight excluding hydrogens is 242 g/mol. The Hall–Kier alpha value is -0.610. The number of rotatable bonds is 6. The molecule has 0 aliphatic heterocycles. The first-order valence-electron chi connectivity index (χ1n) is 7.19. The molecule has 0 radical (unpaired) electrons. The van der Waals surface area contributed by atoms with Crippen molar-refractivity contribution in [3.05, 3.63) is 11.1 Å². The van der Waals surface area contributed by atoms with Crippen molar-refractivity contribution in [3.8, 4) is 0 Å². The van der Waals surface area contributed by atoms with Gasteiger partial charge in [-0.05, 0) is 25.8 Å². The van der Waals surface area contributed by atoms with Crippen LogP contribution in [0.3, 0.4) is 0 Å². The van der Waals surface area contributed by atoms with Gasteiger partial charge in [0.15, 0.2) is 5.13 Å². The fourth-order valence-electron chi connectivity index (χ4n) is 2.56. The van der Waals surface area contributed by atoms with E-state index in [1.165, 1.54) is 49.4 Å². The minimum atomic E-state index is 0.710. The number of nitrogens with zero attached hydrogens (tertiary/aromatic N) is 2. The number of hydrogen-bond acceptors (Lipinski definition) is 4. The molecule has 1 aromatic heterocycles. The predicted octanol–water partition coefficient (Wildman–Crippen LogP) is 3.41. The van der Waals surface area contributed by atoms with Crippen LogP contribution in [0.5, 0.6) is 0 Å². The third-order valence-corrected chi connectivity index (χ3v) is 4.68. The number of aromatic nitrogens is 1. The first kappa shape index (κ1) is 13.8. The smallest absolute Gasteiger partial charge is 0.185 e. The molecule has 18 heavy (non-hydrogen) atoms. The first-order chi connectivity index (χ1) is 8.81. The van der Waals surface area contributed by atoms with Crippen LogP contribution in [0.1, 0.15) is 51.1 Å². The number of nitrogens with one attached hydrogen (secondary N) is 1. The van der Waals surface area contributed by atoms with Crippen LogP contribution >= 0.6 is 11.3 Å². The summed E-state index contributed by atoms with van der Waals surface area (Å²) in [6, 6.07) is 0.710. The van der Waals surface area contributed by atoms with Crippen LogP contribution in [0.2, 0.25) is 0 Å². The molecule has 1 heterocycles. The molecule has 2 rings (SSSR count). The van der Waals surface area contributed by atoms with Gasteiger partial charge in [-0.15, -0.1) is 11.3 Å². The van der Waals surface area contributed by atoms with Gasteiger partial charge in [0.25, 0.3) is 0 Å². The normalized spacial score (nSPS) is 17.0. The van der Waals surface area contributed by atoms with E-state index in [4.69, 9.17) is 4.98 Å². The second-order valence-electron chi connectivity index (χ2n) is 5.20. The molecule has 0 aromatic carbocycles. The van der Waals surface area contributed by atoms with Gasteiger partial charge in [-0.2, -0.15) is 0 Å². The van der Waals surface area contributed by atoms with Crippen LogP contribution < -0.4 is 10.2 Å². The van der Waals surface area contributed by atoms with Gasteiger partial charge < -0.3 is 10.2 Å². The van der Waals surface area contributed by atoms with E-state index in [0.29, 0.717) is 6.04 Å². The minimum absolute atomic E-state index is 0.710. The highest BCUT2D eigenvalue weighted by molar-refractivity contribution is 7.13. The lowest BCUT2D eigenvalue weighted by Crippen LogP contribution is -2.33. The summed E-state index contributed by atoms with van der Waals surface area (Å²) in [5.74, 6) is 0. The predicted molar refractivity (Wildman–Crippen MR) is 79.4 cm³/mol. The van der Waals surface area contributed by atoms with E-state index >= 15 is 0 Å². The highest BCUT2D eigenvalue weighted by Gasteiger charge is 2.20. The molecule has 0 spiro atoms. The van der Waals surface area contributed by atoms with Crippen molar-refractivity contribution in [1.82, 2.24) is 10.3 Å². The van der Waals surface area contributed by atoms with E-state index in [0.717, 1.165) is 13.1 Å². The van der Waals surface area contributed by atoms with Crippen LogP contribution in [-0.4, -0.2) is 24.6 Å². The summed E-state index contributed by atoms with van der Waals surface area (Å²) >= 11 is 1.78. The maximum atomic E-state index is 4.74. The molecule has 0 amide bonds. The van der Waals surface area contributed by atoms with Crippen molar-refractivity contribution in [3.63, 3.8) is 0 Å². The second kappa shape index (κ2) is 7.10. The lowest BCUT2D eigenvalue weighted by Gasteiger charge is -2.30. The monoisotopic (exact) mass is 267 g/mol. The summed E-state index contributed by atoms with van der Waals surface area (Å²) in [4.78, 5) is 7.14. The fraction of sp³-hybridized carbons (Fsp3) is 0.786. The molecule has 1 fully saturated rings.